The molecule has 0 radical (unpaired) electrons. The first-order valence-corrected chi connectivity index (χ1v) is 12.7. The van der Waals surface area contributed by atoms with Crippen LogP contribution < -0.4 is 10.6 Å². The van der Waals surface area contributed by atoms with Crippen molar-refractivity contribution in [1.82, 2.24) is 9.62 Å². The van der Waals surface area contributed by atoms with Gasteiger partial charge in [-0.25, -0.2) is 8.42 Å². The van der Waals surface area contributed by atoms with Crippen molar-refractivity contribution in [3.05, 3.63) is 18.2 Å². The van der Waals surface area contributed by atoms with Gasteiger partial charge < -0.3 is 15.4 Å². The maximum Gasteiger partial charge on any atom is 0.243 e. The summed E-state index contributed by atoms with van der Waals surface area (Å²) in [5.41, 5.74) is 0.535. The Morgan fingerprint density at radius 3 is 2.77 bits per heavy atom. The molecule has 1 aromatic rings. The van der Waals surface area contributed by atoms with E-state index in [4.69, 9.17) is 4.74 Å². The van der Waals surface area contributed by atoms with Crippen molar-refractivity contribution >= 4 is 39.3 Å². The second-order valence-electron chi connectivity index (χ2n) is 7.97. The lowest BCUT2D eigenvalue weighted by molar-refractivity contribution is -0.126. The third-order valence-corrected chi connectivity index (χ3v) is 8.94. The highest BCUT2D eigenvalue weighted by Crippen LogP contribution is 2.37. The molecule has 0 aromatic heterocycles. The number of sulfonamides is 1. The maximum absolute atomic E-state index is 13.1. The van der Waals surface area contributed by atoms with Crippen molar-refractivity contribution in [2.24, 2.45) is 5.92 Å². The molecule has 30 heavy (non-hydrogen) atoms. The van der Waals surface area contributed by atoms with Gasteiger partial charge in [-0.1, -0.05) is 0 Å². The number of nitrogens with zero attached hydrogens (tertiary/aromatic N) is 1. The minimum Gasteiger partial charge on any atom is -0.376 e. The summed E-state index contributed by atoms with van der Waals surface area (Å²) in [6.45, 7) is 3.69. The molecule has 10 heteroatoms. The van der Waals surface area contributed by atoms with Crippen molar-refractivity contribution in [3.8, 4) is 0 Å². The van der Waals surface area contributed by atoms with E-state index in [0.717, 1.165) is 24.3 Å². The average molecular weight is 454 g/mol. The quantitative estimate of drug-likeness (QED) is 0.705. The lowest BCUT2D eigenvalue weighted by Crippen LogP contribution is -2.44. The summed E-state index contributed by atoms with van der Waals surface area (Å²) < 4.78 is 33.1. The molecule has 3 aliphatic rings. The third kappa shape index (κ3) is 4.51. The fourth-order valence-corrected chi connectivity index (χ4v) is 6.45. The Balaban J connectivity index is 1.36. The monoisotopic (exact) mass is 453 g/mol. The predicted molar refractivity (Wildman–Crippen MR) is 114 cm³/mol. The molecule has 2 atom stereocenters. The van der Waals surface area contributed by atoms with Crippen LogP contribution in [0.15, 0.2) is 28.0 Å². The van der Waals surface area contributed by atoms with Gasteiger partial charge in [0.1, 0.15) is 0 Å². The minimum absolute atomic E-state index is 0.0230. The number of carbonyl (C=O) groups is 2. The van der Waals surface area contributed by atoms with Gasteiger partial charge in [0, 0.05) is 37.1 Å². The van der Waals surface area contributed by atoms with Gasteiger partial charge >= 0.3 is 0 Å². The van der Waals surface area contributed by atoms with E-state index in [9.17, 15) is 18.0 Å². The molecule has 1 aromatic carbocycles. The van der Waals surface area contributed by atoms with Crippen LogP contribution in [0, 0.1) is 5.92 Å². The normalized spacial score (nSPS) is 25.6. The molecule has 3 heterocycles. The highest BCUT2D eigenvalue weighted by molar-refractivity contribution is 8.01. The molecule has 2 N–H and O–H groups in total. The Morgan fingerprint density at radius 2 is 2.07 bits per heavy atom. The van der Waals surface area contributed by atoms with Crippen LogP contribution in [0.25, 0.3) is 0 Å². The van der Waals surface area contributed by atoms with Crippen LogP contribution in [0.1, 0.15) is 32.6 Å². The highest BCUT2D eigenvalue weighted by atomic mass is 32.2. The van der Waals surface area contributed by atoms with Crippen molar-refractivity contribution < 1.29 is 22.7 Å². The number of anilines is 1. The highest BCUT2D eigenvalue weighted by Gasteiger charge is 2.33. The van der Waals surface area contributed by atoms with Crippen LogP contribution in [-0.4, -0.2) is 62.1 Å². The summed E-state index contributed by atoms with van der Waals surface area (Å²) in [5.74, 6) is -0.333. The topological polar surface area (TPSA) is 105 Å². The van der Waals surface area contributed by atoms with Gasteiger partial charge in [-0.3, -0.25) is 9.59 Å². The summed E-state index contributed by atoms with van der Waals surface area (Å²) >= 11 is 1.42. The Bertz CT molecular complexity index is 922. The van der Waals surface area contributed by atoms with Gasteiger partial charge in [-0.15, -0.1) is 11.8 Å². The SMILES string of the molecule is CC1Sc2ccc(S(=O)(=O)N3CCC(C(=O)NCC4CCCO4)CC3)cc2NC1=O. The van der Waals surface area contributed by atoms with Crippen molar-refractivity contribution in [2.75, 3.05) is 31.6 Å². The summed E-state index contributed by atoms with van der Waals surface area (Å²) in [6, 6.07) is 4.86. The molecule has 8 nitrogen and oxygen atoms in total. The molecule has 0 bridgehead atoms. The number of benzene rings is 1. The number of thioether (sulfide) groups is 1. The summed E-state index contributed by atoms with van der Waals surface area (Å²) in [6.07, 6.45) is 3.08. The zero-order chi connectivity index (χ0) is 21.3. The zero-order valence-corrected chi connectivity index (χ0v) is 18.6. The van der Waals surface area contributed by atoms with E-state index in [0.29, 0.717) is 38.2 Å². The lowest BCUT2D eigenvalue weighted by Gasteiger charge is -2.31. The van der Waals surface area contributed by atoms with E-state index >= 15 is 0 Å². The molecular formula is C20H27N3O5S2. The van der Waals surface area contributed by atoms with Crippen LogP contribution in [0.5, 0.6) is 0 Å². The van der Waals surface area contributed by atoms with Gasteiger partial charge in [0.15, 0.2) is 0 Å². The molecular weight excluding hydrogens is 426 g/mol. The first kappa shape index (κ1) is 21.6. The number of fused-ring (bicyclic) bond motifs is 1. The molecule has 2 amide bonds. The standard InChI is InChI=1S/C20H27N3O5S2/c1-13-19(24)22-17-11-16(4-5-18(17)29-13)30(26,27)23-8-6-14(7-9-23)20(25)21-12-15-3-2-10-28-15/h4-5,11,13-15H,2-3,6-10,12H2,1H3,(H,21,25)(H,22,24). The van der Waals surface area contributed by atoms with E-state index in [1.807, 2.05) is 6.92 Å². The lowest BCUT2D eigenvalue weighted by atomic mass is 9.97. The molecule has 2 saturated heterocycles. The Morgan fingerprint density at radius 1 is 1.30 bits per heavy atom. The van der Waals surface area contributed by atoms with E-state index in [1.54, 1.807) is 12.1 Å². The molecule has 2 unspecified atom stereocenters. The van der Waals surface area contributed by atoms with Crippen molar-refractivity contribution in [3.63, 3.8) is 0 Å². The third-order valence-electron chi connectivity index (χ3n) is 5.87. The summed E-state index contributed by atoms with van der Waals surface area (Å²) in [7, 11) is -3.68. The minimum atomic E-state index is -3.68. The number of piperidine rings is 1. The number of carbonyl (C=O) groups excluding carboxylic acids is 2. The van der Waals surface area contributed by atoms with E-state index in [2.05, 4.69) is 10.6 Å². The summed E-state index contributed by atoms with van der Waals surface area (Å²) in [5, 5.41) is 5.52. The Labute approximate surface area is 181 Å². The molecule has 0 saturated carbocycles. The number of rotatable bonds is 5. The largest absolute Gasteiger partial charge is 0.376 e. The van der Waals surface area contributed by atoms with Crippen LogP contribution in [0.2, 0.25) is 0 Å². The first-order chi connectivity index (χ1) is 14.3. The van der Waals surface area contributed by atoms with Gasteiger partial charge in [0.05, 0.1) is 21.9 Å². The smallest absolute Gasteiger partial charge is 0.243 e. The molecule has 2 fully saturated rings. The van der Waals surface area contributed by atoms with Gasteiger partial charge in [-0.05, 0) is 50.8 Å². The first-order valence-electron chi connectivity index (χ1n) is 10.4. The summed E-state index contributed by atoms with van der Waals surface area (Å²) in [4.78, 5) is 25.4. The van der Waals surface area contributed by atoms with Crippen molar-refractivity contribution in [1.29, 1.82) is 0 Å². The number of amides is 2. The van der Waals surface area contributed by atoms with Gasteiger partial charge in [0.2, 0.25) is 21.8 Å². The molecule has 164 valence electrons. The van der Waals surface area contributed by atoms with Crippen molar-refractivity contribution in [2.45, 2.75) is 53.8 Å². The Kier molecular flexibility index (Phi) is 6.38. The van der Waals surface area contributed by atoms with Crippen LogP contribution in [0.3, 0.4) is 0 Å². The maximum atomic E-state index is 13.1. The zero-order valence-electron chi connectivity index (χ0n) is 16.9. The molecule has 4 rings (SSSR count). The molecule has 3 aliphatic heterocycles. The van der Waals surface area contributed by atoms with E-state index < -0.39 is 10.0 Å². The second-order valence-corrected chi connectivity index (χ2v) is 11.3. The van der Waals surface area contributed by atoms with Gasteiger partial charge in [-0.2, -0.15) is 4.31 Å². The second kappa shape index (κ2) is 8.86. The van der Waals surface area contributed by atoms with E-state index in [-0.39, 0.29) is 34.0 Å². The van der Waals surface area contributed by atoms with E-state index in [1.165, 1.54) is 22.1 Å². The number of nitrogens with one attached hydrogen (secondary N) is 2. The average Bonchev–Trinajstić information content (AvgIpc) is 3.26. The fraction of sp³-hybridized carbons (Fsp3) is 0.600. The van der Waals surface area contributed by atoms with Crippen LogP contribution in [-0.2, 0) is 24.3 Å². The van der Waals surface area contributed by atoms with Crippen LogP contribution >= 0.6 is 11.8 Å². The molecule has 0 aliphatic carbocycles. The van der Waals surface area contributed by atoms with Crippen LogP contribution in [0.4, 0.5) is 5.69 Å². The fourth-order valence-electron chi connectivity index (χ4n) is 4.02. The Hall–Kier alpha value is -1.62. The van der Waals surface area contributed by atoms with Gasteiger partial charge in [0.25, 0.3) is 0 Å². The number of ether oxygens (including phenoxy) is 1. The number of hydrogen-bond donors (Lipinski definition) is 2. The predicted octanol–water partition coefficient (Wildman–Crippen LogP) is 1.82. The number of hydrogen-bond acceptors (Lipinski definition) is 6. The molecule has 0 spiro atoms.